The van der Waals surface area contributed by atoms with Gasteiger partial charge in [0.05, 0.1) is 25.8 Å². The van der Waals surface area contributed by atoms with Crippen molar-refractivity contribution in [3.05, 3.63) is 65.2 Å². The summed E-state index contributed by atoms with van der Waals surface area (Å²) in [7, 11) is 6.98. The number of rotatable bonds is 8. The quantitative estimate of drug-likeness (QED) is 0.399. The molecular formula is C24H28N2O5. The fraction of sp³-hybridized carbons (Fsp3) is 0.333. The zero-order valence-electron chi connectivity index (χ0n) is 18.3. The molecule has 1 aliphatic heterocycles. The van der Waals surface area contributed by atoms with Crippen LogP contribution in [0, 0.1) is 0 Å². The minimum atomic E-state index is -0.761. The summed E-state index contributed by atoms with van der Waals surface area (Å²) >= 11 is 0. The summed E-state index contributed by atoms with van der Waals surface area (Å²) in [6, 6.07) is 13.2. The third-order valence-corrected chi connectivity index (χ3v) is 5.33. The van der Waals surface area contributed by atoms with Crippen LogP contribution in [0.25, 0.3) is 5.76 Å². The van der Waals surface area contributed by atoms with Gasteiger partial charge in [0.1, 0.15) is 17.3 Å². The van der Waals surface area contributed by atoms with Crippen LogP contribution >= 0.6 is 0 Å². The molecule has 7 heteroatoms. The lowest BCUT2D eigenvalue weighted by Gasteiger charge is -2.27. The average Bonchev–Trinajstić information content (AvgIpc) is 3.03. The van der Waals surface area contributed by atoms with Crippen LogP contribution in [-0.4, -0.2) is 68.0 Å². The molecule has 0 bridgehead atoms. The van der Waals surface area contributed by atoms with E-state index in [0.29, 0.717) is 35.6 Å². The van der Waals surface area contributed by atoms with E-state index in [1.54, 1.807) is 49.6 Å². The monoisotopic (exact) mass is 424 g/mol. The summed E-state index contributed by atoms with van der Waals surface area (Å²) in [4.78, 5) is 29.6. The first-order valence-corrected chi connectivity index (χ1v) is 10.1. The second kappa shape index (κ2) is 9.66. The van der Waals surface area contributed by atoms with Gasteiger partial charge in [-0.05, 0) is 39.2 Å². The van der Waals surface area contributed by atoms with Gasteiger partial charge >= 0.3 is 0 Å². The molecule has 2 aromatic carbocycles. The van der Waals surface area contributed by atoms with Gasteiger partial charge in [-0.3, -0.25) is 9.59 Å². The highest BCUT2D eigenvalue weighted by Gasteiger charge is 2.46. The lowest BCUT2D eigenvalue weighted by Crippen LogP contribution is -2.32. The van der Waals surface area contributed by atoms with E-state index < -0.39 is 17.7 Å². The van der Waals surface area contributed by atoms with Crippen LogP contribution in [0.3, 0.4) is 0 Å². The van der Waals surface area contributed by atoms with Crippen LogP contribution in [0.5, 0.6) is 11.5 Å². The number of methoxy groups -OCH3 is 2. The number of aliphatic hydroxyl groups excluding tert-OH is 1. The highest BCUT2D eigenvalue weighted by molar-refractivity contribution is 6.46. The Morgan fingerprint density at radius 3 is 2.39 bits per heavy atom. The average molecular weight is 424 g/mol. The summed E-state index contributed by atoms with van der Waals surface area (Å²) in [5.41, 5.74) is 1.15. The Hall–Kier alpha value is -3.32. The fourth-order valence-corrected chi connectivity index (χ4v) is 3.79. The summed E-state index contributed by atoms with van der Waals surface area (Å²) in [5.74, 6) is -0.457. The molecule has 7 nitrogen and oxygen atoms in total. The van der Waals surface area contributed by atoms with Crippen LogP contribution in [0.2, 0.25) is 0 Å². The number of ether oxygens (including phenoxy) is 2. The molecule has 1 heterocycles. The Balaban J connectivity index is 2.15. The fourth-order valence-electron chi connectivity index (χ4n) is 3.79. The Labute approximate surface area is 182 Å². The molecule has 1 fully saturated rings. The minimum Gasteiger partial charge on any atom is -0.507 e. The summed E-state index contributed by atoms with van der Waals surface area (Å²) < 4.78 is 10.8. The van der Waals surface area contributed by atoms with Crippen molar-refractivity contribution in [1.82, 2.24) is 9.80 Å². The third kappa shape index (κ3) is 4.56. The number of hydrogen-bond acceptors (Lipinski definition) is 6. The first-order valence-electron chi connectivity index (χ1n) is 10.1. The first kappa shape index (κ1) is 22.4. The molecule has 164 valence electrons. The Bertz CT molecular complexity index is 985. The molecule has 1 amide bonds. The highest BCUT2D eigenvalue weighted by Crippen LogP contribution is 2.43. The molecule has 0 spiro atoms. The van der Waals surface area contributed by atoms with Crippen LogP contribution in [-0.2, 0) is 9.59 Å². The molecule has 31 heavy (non-hydrogen) atoms. The van der Waals surface area contributed by atoms with Gasteiger partial charge in [0.25, 0.3) is 11.7 Å². The number of ketones is 1. The number of Topliss-reactive ketones (excluding diaryl/α,β-unsaturated/α-hetero) is 1. The van der Waals surface area contributed by atoms with Crippen molar-refractivity contribution in [2.75, 3.05) is 41.4 Å². The van der Waals surface area contributed by atoms with E-state index in [-0.39, 0.29) is 11.3 Å². The van der Waals surface area contributed by atoms with Gasteiger partial charge in [-0.1, -0.05) is 30.3 Å². The summed E-state index contributed by atoms with van der Waals surface area (Å²) in [6.07, 6.45) is 0.681. The minimum absolute atomic E-state index is 0.0597. The van der Waals surface area contributed by atoms with E-state index in [0.717, 1.165) is 6.54 Å². The molecule has 3 rings (SSSR count). The summed E-state index contributed by atoms with van der Waals surface area (Å²) in [6.45, 7) is 1.13. The summed E-state index contributed by atoms with van der Waals surface area (Å²) in [5, 5.41) is 11.0. The van der Waals surface area contributed by atoms with Crippen LogP contribution < -0.4 is 9.47 Å². The van der Waals surface area contributed by atoms with Gasteiger partial charge < -0.3 is 24.4 Å². The lowest BCUT2D eigenvalue weighted by molar-refractivity contribution is -0.140. The number of carbonyl (C=O) groups is 2. The molecule has 0 aromatic heterocycles. The highest BCUT2D eigenvalue weighted by atomic mass is 16.5. The van der Waals surface area contributed by atoms with Gasteiger partial charge in [0.2, 0.25) is 0 Å². The van der Waals surface area contributed by atoms with Crippen molar-refractivity contribution >= 4 is 17.4 Å². The van der Waals surface area contributed by atoms with E-state index in [2.05, 4.69) is 0 Å². The van der Waals surface area contributed by atoms with Gasteiger partial charge in [-0.25, -0.2) is 0 Å². The van der Waals surface area contributed by atoms with Gasteiger partial charge in [0, 0.05) is 23.7 Å². The predicted octanol–water partition coefficient (Wildman–Crippen LogP) is 3.08. The van der Waals surface area contributed by atoms with E-state index in [1.165, 1.54) is 12.0 Å². The molecule has 0 aliphatic carbocycles. The lowest BCUT2D eigenvalue weighted by atomic mass is 9.94. The number of hydrogen-bond donors (Lipinski definition) is 1. The molecule has 1 saturated heterocycles. The van der Waals surface area contributed by atoms with Crippen molar-refractivity contribution in [2.24, 2.45) is 0 Å². The molecule has 1 atom stereocenters. The van der Waals surface area contributed by atoms with Crippen molar-refractivity contribution in [3.63, 3.8) is 0 Å². The third-order valence-electron chi connectivity index (χ3n) is 5.33. The number of carbonyl (C=O) groups excluding carboxylic acids is 2. The standard InChI is InChI=1S/C24H28N2O5/c1-25(2)13-8-14-26-21(18-12-11-17(30-3)15-19(18)31-4)20(23(28)24(26)29)22(27)16-9-6-5-7-10-16/h5-7,9-12,15,21,27H,8,13-14H2,1-4H3/b22-20+/t21-/m1/s1. The maximum atomic E-state index is 13.0. The molecule has 1 N–H and O–H groups in total. The van der Waals surface area contributed by atoms with Crippen LogP contribution in [0.4, 0.5) is 0 Å². The molecule has 2 aromatic rings. The normalized spacial score (nSPS) is 18.0. The van der Waals surface area contributed by atoms with E-state index in [1.807, 2.05) is 25.1 Å². The number of aliphatic hydroxyl groups is 1. The largest absolute Gasteiger partial charge is 0.507 e. The zero-order valence-corrected chi connectivity index (χ0v) is 18.3. The van der Waals surface area contributed by atoms with E-state index in [4.69, 9.17) is 9.47 Å². The van der Waals surface area contributed by atoms with Crippen molar-refractivity contribution in [2.45, 2.75) is 12.5 Å². The van der Waals surface area contributed by atoms with E-state index in [9.17, 15) is 14.7 Å². The zero-order chi connectivity index (χ0) is 22.5. The van der Waals surface area contributed by atoms with Gasteiger partial charge in [-0.2, -0.15) is 0 Å². The number of amides is 1. The van der Waals surface area contributed by atoms with Crippen LogP contribution in [0.15, 0.2) is 54.1 Å². The maximum Gasteiger partial charge on any atom is 0.295 e. The van der Waals surface area contributed by atoms with Crippen LogP contribution in [0.1, 0.15) is 23.6 Å². The maximum absolute atomic E-state index is 13.0. The Kier molecular flexibility index (Phi) is 6.97. The number of nitrogens with zero attached hydrogens (tertiary/aromatic N) is 2. The Morgan fingerprint density at radius 2 is 1.77 bits per heavy atom. The SMILES string of the molecule is COc1ccc([C@@H]2/C(=C(\O)c3ccccc3)C(=O)C(=O)N2CCCN(C)C)c(OC)c1. The molecule has 0 radical (unpaired) electrons. The number of likely N-dealkylation sites (tertiary alicyclic amines) is 1. The molecular weight excluding hydrogens is 396 g/mol. The van der Waals surface area contributed by atoms with Crippen molar-refractivity contribution < 1.29 is 24.2 Å². The molecule has 0 unspecified atom stereocenters. The van der Waals surface area contributed by atoms with Crippen molar-refractivity contribution in [1.29, 1.82) is 0 Å². The predicted molar refractivity (Wildman–Crippen MR) is 118 cm³/mol. The number of benzene rings is 2. The van der Waals surface area contributed by atoms with Crippen molar-refractivity contribution in [3.8, 4) is 11.5 Å². The second-order valence-electron chi connectivity index (χ2n) is 7.62. The molecule has 0 saturated carbocycles. The first-order chi connectivity index (χ1) is 14.9. The second-order valence-corrected chi connectivity index (χ2v) is 7.62. The topological polar surface area (TPSA) is 79.3 Å². The van der Waals surface area contributed by atoms with E-state index >= 15 is 0 Å². The van der Waals surface area contributed by atoms with Gasteiger partial charge in [-0.15, -0.1) is 0 Å². The van der Waals surface area contributed by atoms with Gasteiger partial charge in [0.15, 0.2) is 0 Å². The Morgan fingerprint density at radius 1 is 1.06 bits per heavy atom. The molecule has 1 aliphatic rings. The smallest absolute Gasteiger partial charge is 0.295 e.